The molecule has 0 unspecified atom stereocenters. The van der Waals surface area contributed by atoms with Gasteiger partial charge in [-0.15, -0.1) is 5.10 Å². The fourth-order valence-electron chi connectivity index (χ4n) is 1.33. The summed E-state index contributed by atoms with van der Waals surface area (Å²) in [6.07, 6.45) is 0. The Bertz CT molecular complexity index is 585. The zero-order valence-electron chi connectivity index (χ0n) is 9.48. The Morgan fingerprint density at radius 3 is 2.89 bits per heavy atom. The summed E-state index contributed by atoms with van der Waals surface area (Å²) < 4.78 is 0. The highest BCUT2D eigenvalue weighted by Crippen LogP contribution is 2.25. The van der Waals surface area contributed by atoms with Crippen LogP contribution in [0.25, 0.3) is 0 Å². The standard InChI is InChI=1S/C11H10ClN3O2S/c1-6-13-11(15-14-6)18-5-8-3-2-7(10(16)17)4-9(8)12/h2-4H,5H2,1H3,(H,16,17)(H,13,14,15). The largest absolute Gasteiger partial charge is 0.478 e. The number of carboxylic acids is 1. The number of carboxylic acid groups (broad SMARTS) is 1. The summed E-state index contributed by atoms with van der Waals surface area (Å²) in [4.78, 5) is 14.9. The SMILES string of the molecule is Cc1nc(SCc2ccc(C(=O)O)cc2Cl)n[nH]1. The average molecular weight is 284 g/mol. The average Bonchev–Trinajstić information content (AvgIpc) is 2.73. The van der Waals surface area contributed by atoms with Crippen LogP contribution >= 0.6 is 23.4 Å². The Kier molecular flexibility index (Phi) is 3.88. The third-order valence-electron chi connectivity index (χ3n) is 2.23. The first kappa shape index (κ1) is 12.9. The van der Waals surface area contributed by atoms with Gasteiger partial charge < -0.3 is 5.11 Å². The minimum absolute atomic E-state index is 0.183. The van der Waals surface area contributed by atoms with Crippen LogP contribution in [0.5, 0.6) is 0 Å². The zero-order valence-corrected chi connectivity index (χ0v) is 11.0. The summed E-state index contributed by atoms with van der Waals surface area (Å²) in [5, 5.41) is 16.7. The van der Waals surface area contributed by atoms with Crippen LogP contribution in [0.3, 0.4) is 0 Å². The minimum Gasteiger partial charge on any atom is -0.478 e. The van der Waals surface area contributed by atoms with Crippen LogP contribution in [-0.2, 0) is 5.75 Å². The molecule has 0 saturated carbocycles. The number of thioether (sulfide) groups is 1. The molecule has 0 radical (unpaired) electrons. The first-order valence-electron chi connectivity index (χ1n) is 5.10. The third kappa shape index (κ3) is 3.02. The lowest BCUT2D eigenvalue weighted by molar-refractivity contribution is 0.0697. The molecule has 7 heteroatoms. The molecule has 0 aliphatic carbocycles. The number of aromatic amines is 1. The summed E-state index contributed by atoms with van der Waals surface area (Å²) in [6, 6.07) is 4.69. The molecule has 0 amide bonds. The maximum Gasteiger partial charge on any atom is 0.335 e. The van der Waals surface area contributed by atoms with Crippen molar-refractivity contribution in [2.75, 3.05) is 0 Å². The molecule has 2 rings (SSSR count). The van der Waals surface area contributed by atoms with Gasteiger partial charge >= 0.3 is 5.97 Å². The maximum absolute atomic E-state index is 10.8. The molecule has 2 N–H and O–H groups in total. The molecule has 0 fully saturated rings. The maximum atomic E-state index is 10.8. The highest BCUT2D eigenvalue weighted by molar-refractivity contribution is 7.98. The summed E-state index contributed by atoms with van der Waals surface area (Å²) in [6.45, 7) is 1.83. The van der Waals surface area contributed by atoms with Gasteiger partial charge in [0.2, 0.25) is 5.16 Å². The lowest BCUT2D eigenvalue weighted by atomic mass is 10.1. The quantitative estimate of drug-likeness (QED) is 0.844. The van der Waals surface area contributed by atoms with Crippen molar-refractivity contribution in [3.05, 3.63) is 40.2 Å². The molecule has 18 heavy (non-hydrogen) atoms. The number of H-pyrrole nitrogens is 1. The Morgan fingerprint density at radius 1 is 1.56 bits per heavy atom. The molecular weight excluding hydrogens is 274 g/mol. The Hall–Kier alpha value is -1.53. The van der Waals surface area contributed by atoms with E-state index >= 15 is 0 Å². The van der Waals surface area contributed by atoms with Crippen molar-refractivity contribution in [1.82, 2.24) is 15.2 Å². The van der Waals surface area contributed by atoms with Crippen molar-refractivity contribution in [2.45, 2.75) is 17.8 Å². The van der Waals surface area contributed by atoms with Crippen LogP contribution in [0.4, 0.5) is 0 Å². The topological polar surface area (TPSA) is 78.9 Å². The van der Waals surface area contributed by atoms with Crippen LogP contribution in [-0.4, -0.2) is 26.3 Å². The summed E-state index contributed by atoms with van der Waals surface area (Å²) in [5.41, 5.74) is 1.04. The number of rotatable bonds is 4. The Balaban J connectivity index is 2.08. The van der Waals surface area contributed by atoms with Crippen LogP contribution < -0.4 is 0 Å². The van der Waals surface area contributed by atoms with Crippen LogP contribution in [0.15, 0.2) is 23.4 Å². The fourth-order valence-corrected chi connectivity index (χ4v) is 2.50. The molecule has 1 heterocycles. The molecule has 0 aliphatic heterocycles. The van der Waals surface area contributed by atoms with Gasteiger partial charge in [-0.25, -0.2) is 9.78 Å². The number of nitrogens with one attached hydrogen (secondary N) is 1. The molecular formula is C11H10ClN3O2S. The summed E-state index contributed by atoms with van der Waals surface area (Å²) >= 11 is 7.46. The fraction of sp³-hybridized carbons (Fsp3) is 0.182. The first-order chi connectivity index (χ1) is 8.56. The van der Waals surface area contributed by atoms with Crippen LogP contribution in [0.1, 0.15) is 21.7 Å². The van der Waals surface area contributed by atoms with Crippen molar-refractivity contribution in [1.29, 1.82) is 0 Å². The lowest BCUT2D eigenvalue weighted by Gasteiger charge is -2.03. The third-order valence-corrected chi connectivity index (χ3v) is 3.48. The van der Waals surface area contributed by atoms with Gasteiger partial charge in [-0.3, -0.25) is 5.10 Å². The molecule has 1 aromatic heterocycles. The van der Waals surface area contributed by atoms with E-state index in [1.165, 1.54) is 23.9 Å². The zero-order chi connectivity index (χ0) is 13.1. The normalized spacial score (nSPS) is 10.6. The van der Waals surface area contributed by atoms with Gasteiger partial charge in [0, 0.05) is 10.8 Å². The molecule has 94 valence electrons. The summed E-state index contributed by atoms with van der Waals surface area (Å²) in [5.74, 6) is 0.362. The number of hydrogen-bond donors (Lipinski definition) is 2. The number of aromatic nitrogens is 3. The van der Waals surface area contributed by atoms with Crippen molar-refractivity contribution in [3.8, 4) is 0 Å². The minimum atomic E-state index is -0.985. The first-order valence-corrected chi connectivity index (χ1v) is 6.46. The van der Waals surface area contributed by atoms with E-state index in [4.69, 9.17) is 16.7 Å². The number of halogens is 1. The number of benzene rings is 1. The van der Waals surface area contributed by atoms with E-state index in [0.717, 1.165) is 11.4 Å². The Morgan fingerprint density at radius 2 is 2.33 bits per heavy atom. The second-order valence-electron chi connectivity index (χ2n) is 3.60. The van der Waals surface area contributed by atoms with E-state index in [1.54, 1.807) is 6.07 Å². The predicted molar refractivity (Wildman–Crippen MR) is 69.1 cm³/mol. The molecule has 5 nitrogen and oxygen atoms in total. The number of aromatic carboxylic acids is 1. The molecule has 1 aromatic carbocycles. The number of carbonyl (C=O) groups is 1. The second kappa shape index (κ2) is 5.41. The van der Waals surface area contributed by atoms with E-state index < -0.39 is 5.97 Å². The number of nitrogens with zero attached hydrogens (tertiary/aromatic N) is 2. The van der Waals surface area contributed by atoms with Crippen molar-refractivity contribution in [3.63, 3.8) is 0 Å². The highest BCUT2D eigenvalue weighted by Gasteiger charge is 2.08. The van der Waals surface area contributed by atoms with E-state index in [2.05, 4.69) is 15.2 Å². The molecule has 2 aromatic rings. The number of aryl methyl sites for hydroxylation is 1. The van der Waals surface area contributed by atoms with Gasteiger partial charge in [0.15, 0.2) is 0 Å². The predicted octanol–water partition coefficient (Wildman–Crippen LogP) is 2.76. The van der Waals surface area contributed by atoms with Gasteiger partial charge in [-0.1, -0.05) is 29.4 Å². The van der Waals surface area contributed by atoms with E-state index in [1.807, 2.05) is 6.92 Å². The van der Waals surface area contributed by atoms with E-state index in [9.17, 15) is 4.79 Å². The van der Waals surface area contributed by atoms with Crippen LogP contribution in [0.2, 0.25) is 5.02 Å². The molecule has 0 saturated heterocycles. The monoisotopic (exact) mass is 283 g/mol. The van der Waals surface area contributed by atoms with Crippen LogP contribution in [0, 0.1) is 6.92 Å². The second-order valence-corrected chi connectivity index (χ2v) is 4.95. The van der Waals surface area contributed by atoms with E-state index in [0.29, 0.717) is 15.9 Å². The van der Waals surface area contributed by atoms with Gasteiger partial charge in [-0.2, -0.15) is 0 Å². The molecule has 0 bridgehead atoms. The molecule has 0 spiro atoms. The Labute approximate surface area is 113 Å². The lowest BCUT2D eigenvalue weighted by Crippen LogP contribution is -1.96. The number of hydrogen-bond acceptors (Lipinski definition) is 4. The van der Waals surface area contributed by atoms with Gasteiger partial charge in [0.05, 0.1) is 5.56 Å². The van der Waals surface area contributed by atoms with Crippen molar-refractivity contribution < 1.29 is 9.90 Å². The molecule has 0 atom stereocenters. The van der Waals surface area contributed by atoms with Gasteiger partial charge in [0.1, 0.15) is 5.82 Å². The smallest absolute Gasteiger partial charge is 0.335 e. The highest BCUT2D eigenvalue weighted by atomic mass is 35.5. The van der Waals surface area contributed by atoms with E-state index in [-0.39, 0.29) is 5.56 Å². The van der Waals surface area contributed by atoms with Gasteiger partial charge in [0.25, 0.3) is 0 Å². The summed E-state index contributed by atoms with van der Waals surface area (Å²) in [7, 11) is 0. The van der Waals surface area contributed by atoms with Crippen molar-refractivity contribution >= 4 is 29.3 Å². The molecule has 0 aliphatic rings. The van der Waals surface area contributed by atoms with Gasteiger partial charge in [-0.05, 0) is 24.6 Å². The van der Waals surface area contributed by atoms with Crippen molar-refractivity contribution in [2.24, 2.45) is 0 Å².